The molecule has 4 rings (SSSR count). The van der Waals surface area contributed by atoms with Crippen LogP contribution in [0.25, 0.3) is 10.9 Å². The maximum atomic E-state index is 12.5. The molecule has 2 aromatic heterocycles. The van der Waals surface area contributed by atoms with Gasteiger partial charge in [-0.3, -0.25) is 14.6 Å². The summed E-state index contributed by atoms with van der Waals surface area (Å²) >= 11 is 0. The maximum Gasteiger partial charge on any atom is 0.268 e. The molecule has 6 nitrogen and oxygen atoms in total. The van der Waals surface area contributed by atoms with Crippen molar-refractivity contribution >= 4 is 16.8 Å². The highest BCUT2D eigenvalue weighted by Gasteiger charge is 2.29. The number of nitrogens with two attached hydrogens (primary N) is 1. The van der Waals surface area contributed by atoms with Crippen LogP contribution in [0.2, 0.25) is 0 Å². The van der Waals surface area contributed by atoms with E-state index in [-0.39, 0.29) is 22.3 Å². The molecule has 1 aliphatic rings. The number of hydrogen-bond acceptors (Lipinski definition) is 4. The first-order chi connectivity index (χ1) is 15.1. The molecule has 0 aliphatic heterocycles. The number of nitrogens with zero attached hydrogens (tertiary/aromatic N) is 1. The minimum absolute atomic E-state index is 0.0364. The number of carbonyl (C=O) groups excluding carboxylic acids is 1. The van der Waals surface area contributed by atoms with Crippen LogP contribution in [0.15, 0.2) is 41.3 Å². The summed E-state index contributed by atoms with van der Waals surface area (Å²) in [5.74, 6) is -2.22. The van der Waals surface area contributed by atoms with Crippen molar-refractivity contribution in [2.24, 2.45) is 11.1 Å². The van der Waals surface area contributed by atoms with E-state index in [9.17, 15) is 18.4 Å². The minimum atomic E-state index is -0.940. The summed E-state index contributed by atoms with van der Waals surface area (Å²) in [7, 11) is 1.29. The number of hydrogen-bond donors (Lipinski definition) is 2. The Morgan fingerprint density at radius 2 is 2.03 bits per heavy atom. The van der Waals surface area contributed by atoms with E-state index in [2.05, 4.69) is 28.6 Å². The fourth-order valence-electron chi connectivity index (χ4n) is 4.23. The molecule has 170 valence electrons. The fourth-order valence-corrected chi connectivity index (χ4v) is 4.23. The number of ether oxygens (including phenoxy) is 1. The number of amides is 1. The summed E-state index contributed by atoms with van der Waals surface area (Å²) < 4.78 is 29.3. The van der Waals surface area contributed by atoms with Crippen LogP contribution >= 0.6 is 0 Å². The van der Waals surface area contributed by atoms with Gasteiger partial charge in [0.05, 0.1) is 18.0 Å². The molecule has 3 N–H and O–H groups in total. The van der Waals surface area contributed by atoms with Gasteiger partial charge in [0.1, 0.15) is 5.69 Å². The number of aromatic nitrogens is 2. The molecule has 1 saturated carbocycles. The molecule has 32 heavy (non-hydrogen) atoms. The number of aromatic amines is 1. The van der Waals surface area contributed by atoms with Crippen molar-refractivity contribution in [2.75, 3.05) is 7.11 Å². The van der Waals surface area contributed by atoms with Crippen molar-refractivity contribution in [1.82, 2.24) is 9.97 Å². The number of benzene rings is 1. The third-order valence-corrected chi connectivity index (χ3v) is 5.78. The van der Waals surface area contributed by atoms with E-state index >= 15 is 0 Å². The molecule has 2 heterocycles. The van der Waals surface area contributed by atoms with Gasteiger partial charge in [-0.25, -0.2) is 4.39 Å². The molecule has 1 atom stereocenters. The minimum Gasteiger partial charge on any atom is -0.494 e. The second-order valence-electron chi connectivity index (χ2n) is 8.75. The molecule has 1 aromatic carbocycles. The Morgan fingerprint density at radius 3 is 2.66 bits per heavy atom. The summed E-state index contributed by atoms with van der Waals surface area (Å²) in [5.41, 5.74) is 7.04. The number of halogens is 2. The Labute approximate surface area is 184 Å². The summed E-state index contributed by atoms with van der Waals surface area (Å²) in [6.07, 6.45) is 6.03. The molecular weight excluding hydrogens is 416 g/mol. The summed E-state index contributed by atoms with van der Waals surface area (Å²) in [5, 5.41) is 0.286. The van der Waals surface area contributed by atoms with Gasteiger partial charge in [0.2, 0.25) is 5.82 Å². The van der Waals surface area contributed by atoms with Crippen molar-refractivity contribution in [3.63, 3.8) is 0 Å². The first-order valence-corrected chi connectivity index (χ1v) is 10.4. The number of rotatable bonds is 3. The average Bonchev–Trinajstić information content (AvgIpc) is 2.75. The quantitative estimate of drug-likeness (QED) is 0.614. The van der Waals surface area contributed by atoms with Crippen LogP contribution in [0.5, 0.6) is 5.75 Å². The van der Waals surface area contributed by atoms with E-state index < -0.39 is 17.5 Å². The number of methoxy groups -OCH3 is 1. The van der Waals surface area contributed by atoms with Gasteiger partial charge < -0.3 is 15.5 Å². The lowest BCUT2D eigenvalue weighted by molar-refractivity contribution is 0.0997. The lowest BCUT2D eigenvalue weighted by atomic mass is 9.71. The Morgan fingerprint density at radius 1 is 1.28 bits per heavy atom. The van der Waals surface area contributed by atoms with Crippen LogP contribution in [0.1, 0.15) is 61.6 Å². The lowest BCUT2D eigenvalue weighted by Gasteiger charge is -2.35. The van der Waals surface area contributed by atoms with Crippen molar-refractivity contribution in [3.8, 4) is 5.75 Å². The zero-order chi connectivity index (χ0) is 23.5. The summed E-state index contributed by atoms with van der Waals surface area (Å²) in [6.45, 7) is 4.54. The fraction of sp³-hybridized carbons (Fsp3) is 0.375. The molecule has 1 fully saturated rings. The molecule has 3 aromatic rings. The van der Waals surface area contributed by atoms with Crippen molar-refractivity contribution in [2.45, 2.75) is 45.4 Å². The van der Waals surface area contributed by atoms with Gasteiger partial charge in [-0.05, 0) is 48.8 Å². The van der Waals surface area contributed by atoms with Crippen LogP contribution < -0.4 is 15.9 Å². The third-order valence-electron chi connectivity index (χ3n) is 5.78. The molecule has 1 unspecified atom stereocenters. The summed E-state index contributed by atoms with van der Waals surface area (Å²) in [4.78, 5) is 31.2. The zero-order valence-corrected chi connectivity index (χ0v) is 18.4. The second-order valence-corrected chi connectivity index (χ2v) is 8.75. The van der Waals surface area contributed by atoms with Gasteiger partial charge in [-0.15, -0.1) is 0 Å². The molecular formula is C24H27F2N3O3. The monoisotopic (exact) mass is 443 g/mol. The SMILES string of the molecule is CC1(C)CCCC(c2cc(=O)c3c(C(N)=O)nccc3[nH]2)C1.COc1cccc(F)c1F. The maximum absolute atomic E-state index is 12.5. The van der Waals surface area contributed by atoms with Gasteiger partial charge >= 0.3 is 0 Å². The third kappa shape index (κ3) is 5.12. The highest BCUT2D eigenvalue weighted by molar-refractivity contribution is 6.03. The van der Waals surface area contributed by atoms with Gasteiger partial charge in [-0.2, -0.15) is 4.39 Å². The molecule has 0 spiro atoms. The molecule has 0 bridgehead atoms. The molecule has 0 radical (unpaired) electrons. The van der Waals surface area contributed by atoms with E-state index in [0.717, 1.165) is 24.6 Å². The first kappa shape index (κ1) is 23.4. The van der Waals surface area contributed by atoms with E-state index in [0.29, 0.717) is 16.8 Å². The zero-order valence-electron chi connectivity index (χ0n) is 18.4. The van der Waals surface area contributed by atoms with E-state index in [1.165, 1.54) is 38.3 Å². The Balaban J connectivity index is 0.000000243. The predicted molar refractivity (Wildman–Crippen MR) is 119 cm³/mol. The van der Waals surface area contributed by atoms with E-state index in [1.54, 1.807) is 12.1 Å². The van der Waals surface area contributed by atoms with E-state index in [1.807, 2.05) is 0 Å². The number of primary amides is 1. The molecule has 1 aliphatic carbocycles. The van der Waals surface area contributed by atoms with Crippen molar-refractivity contribution < 1.29 is 18.3 Å². The first-order valence-electron chi connectivity index (χ1n) is 10.4. The number of carbonyl (C=O) groups is 1. The van der Waals surface area contributed by atoms with Gasteiger partial charge in [0.25, 0.3) is 5.91 Å². The predicted octanol–water partition coefficient (Wildman–Crippen LogP) is 4.68. The Hall–Kier alpha value is -3.29. The van der Waals surface area contributed by atoms with Gasteiger partial charge in [-0.1, -0.05) is 26.3 Å². The normalized spacial score (nSPS) is 17.3. The standard InChI is InChI=1S/C17H21N3O2.C7H6F2O/c1-17(2)6-3-4-10(9-17)12-8-13(21)14-11(20-12)5-7-19-15(14)16(18)22;1-10-6-4-2-3-5(8)7(6)9/h5,7-8,10H,3-4,6,9H2,1-2H3,(H2,18,22)(H,20,21);2-4H,1H3. The molecule has 0 saturated heterocycles. The van der Waals surface area contributed by atoms with Crippen LogP contribution in [0.3, 0.4) is 0 Å². The second kappa shape index (κ2) is 9.46. The van der Waals surface area contributed by atoms with Gasteiger partial charge in [0, 0.05) is 18.0 Å². The smallest absolute Gasteiger partial charge is 0.268 e. The van der Waals surface area contributed by atoms with Crippen LogP contribution in [-0.2, 0) is 0 Å². The topological polar surface area (TPSA) is 98.1 Å². The lowest BCUT2D eigenvalue weighted by Crippen LogP contribution is -2.23. The molecule has 8 heteroatoms. The molecule has 1 amide bonds. The van der Waals surface area contributed by atoms with Crippen LogP contribution in [-0.4, -0.2) is 23.0 Å². The number of nitrogens with one attached hydrogen (secondary N) is 1. The van der Waals surface area contributed by atoms with E-state index in [4.69, 9.17) is 5.73 Å². The van der Waals surface area contributed by atoms with Gasteiger partial charge in [0.15, 0.2) is 17.0 Å². The Bertz CT molecular complexity index is 1190. The highest BCUT2D eigenvalue weighted by atomic mass is 19.2. The Kier molecular flexibility index (Phi) is 6.91. The average molecular weight is 443 g/mol. The van der Waals surface area contributed by atoms with Crippen LogP contribution in [0.4, 0.5) is 8.78 Å². The number of pyridine rings is 2. The summed E-state index contributed by atoms with van der Waals surface area (Å²) in [6, 6.07) is 7.12. The number of fused-ring (bicyclic) bond motifs is 1. The van der Waals surface area contributed by atoms with Crippen LogP contribution in [0, 0.1) is 17.0 Å². The number of H-pyrrole nitrogens is 1. The van der Waals surface area contributed by atoms with Crippen molar-refractivity contribution in [1.29, 1.82) is 0 Å². The highest BCUT2D eigenvalue weighted by Crippen LogP contribution is 2.42. The van der Waals surface area contributed by atoms with Crippen molar-refractivity contribution in [3.05, 3.63) is 69.8 Å². The largest absolute Gasteiger partial charge is 0.494 e.